The lowest BCUT2D eigenvalue weighted by molar-refractivity contribution is 0.190. The van der Waals surface area contributed by atoms with E-state index in [2.05, 4.69) is 56.4 Å². The molecule has 0 aliphatic carbocycles. The van der Waals surface area contributed by atoms with Crippen molar-refractivity contribution in [3.05, 3.63) is 65.7 Å². The smallest absolute Gasteiger partial charge is 0.0859 e. The molecule has 0 amide bonds. The van der Waals surface area contributed by atoms with Gasteiger partial charge in [-0.05, 0) is 42.5 Å². The average Bonchev–Trinajstić information content (AvgIpc) is 2.47. The lowest BCUT2D eigenvalue weighted by atomic mass is 9.82. The van der Waals surface area contributed by atoms with Crippen molar-refractivity contribution in [1.29, 1.82) is 0 Å². The zero-order valence-corrected chi connectivity index (χ0v) is 13.1. The second-order valence-electron chi connectivity index (χ2n) is 6.20. The summed E-state index contributed by atoms with van der Waals surface area (Å²) in [6, 6.07) is 18.5. The van der Waals surface area contributed by atoms with Crippen molar-refractivity contribution in [3.63, 3.8) is 0 Å². The number of nitrogens with one attached hydrogen (secondary N) is 1. The van der Waals surface area contributed by atoms with Crippen LogP contribution < -0.4 is 5.32 Å². The third-order valence-electron chi connectivity index (χ3n) is 3.75. The molecule has 21 heavy (non-hydrogen) atoms. The molecule has 112 valence electrons. The van der Waals surface area contributed by atoms with Crippen molar-refractivity contribution in [2.75, 3.05) is 11.9 Å². The lowest BCUT2D eigenvalue weighted by Gasteiger charge is -2.36. The molecule has 0 saturated heterocycles. The molecule has 2 N–H and O–H groups in total. The maximum absolute atomic E-state index is 10.1. The Bertz CT molecular complexity index is 565. The van der Waals surface area contributed by atoms with Crippen LogP contribution in [0.15, 0.2) is 54.6 Å². The Morgan fingerprint density at radius 2 is 1.76 bits per heavy atom. The van der Waals surface area contributed by atoms with Crippen molar-refractivity contribution < 1.29 is 5.11 Å². The Morgan fingerprint density at radius 1 is 1.05 bits per heavy atom. The Kier molecular flexibility index (Phi) is 5.03. The highest BCUT2D eigenvalue weighted by atomic mass is 16.3. The topological polar surface area (TPSA) is 32.3 Å². The monoisotopic (exact) mass is 283 g/mol. The summed E-state index contributed by atoms with van der Waals surface area (Å²) in [7, 11) is 0. The first-order valence-electron chi connectivity index (χ1n) is 7.57. The molecule has 1 unspecified atom stereocenters. The number of aryl methyl sites for hydroxylation is 1. The standard InChI is InChI=1S/C19H25NO/c1-15(2)13-19(14-21,17-9-5-4-6-10-17)20-18-11-7-8-16(3)12-18/h4-12,15,20-21H,13-14H2,1-3H3. The second kappa shape index (κ2) is 6.77. The lowest BCUT2D eigenvalue weighted by Crippen LogP contribution is -2.40. The molecule has 0 aliphatic heterocycles. The van der Waals surface area contributed by atoms with Gasteiger partial charge in [-0.15, -0.1) is 0 Å². The number of anilines is 1. The fraction of sp³-hybridized carbons (Fsp3) is 0.368. The minimum absolute atomic E-state index is 0.0726. The molecule has 0 bridgehead atoms. The van der Waals surface area contributed by atoms with Gasteiger partial charge in [-0.3, -0.25) is 0 Å². The van der Waals surface area contributed by atoms with Crippen LogP contribution in [0.2, 0.25) is 0 Å². The van der Waals surface area contributed by atoms with E-state index in [0.717, 1.165) is 17.7 Å². The number of aliphatic hydroxyl groups is 1. The minimum atomic E-state index is -0.441. The van der Waals surface area contributed by atoms with E-state index in [1.165, 1.54) is 5.56 Å². The van der Waals surface area contributed by atoms with Gasteiger partial charge in [0.1, 0.15) is 0 Å². The fourth-order valence-corrected chi connectivity index (χ4v) is 2.89. The molecule has 2 aromatic carbocycles. The summed E-state index contributed by atoms with van der Waals surface area (Å²) in [5.41, 5.74) is 2.95. The predicted octanol–water partition coefficient (Wildman–Crippen LogP) is 4.34. The molecule has 0 aliphatic rings. The van der Waals surface area contributed by atoms with Gasteiger partial charge in [0, 0.05) is 5.69 Å². The normalized spacial score (nSPS) is 14.0. The Morgan fingerprint density at radius 3 is 2.33 bits per heavy atom. The van der Waals surface area contributed by atoms with Gasteiger partial charge in [0.15, 0.2) is 0 Å². The zero-order valence-electron chi connectivity index (χ0n) is 13.1. The molecule has 0 radical (unpaired) electrons. The molecule has 2 heteroatoms. The zero-order chi connectivity index (χ0) is 15.3. The number of hydrogen-bond donors (Lipinski definition) is 2. The van der Waals surface area contributed by atoms with E-state index in [4.69, 9.17) is 0 Å². The minimum Gasteiger partial charge on any atom is -0.394 e. The van der Waals surface area contributed by atoms with Crippen LogP contribution in [-0.2, 0) is 5.54 Å². The molecule has 1 atom stereocenters. The molecule has 2 nitrogen and oxygen atoms in total. The van der Waals surface area contributed by atoms with Crippen LogP contribution in [-0.4, -0.2) is 11.7 Å². The maximum atomic E-state index is 10.1. The second-order valence-corrected chi connectivity index (χ2v) is 6.20. The molecule has 0 heterocycles. The number of rotatable bonds is 6. The summed E-state index contributed by atoms with van der Waals surface area (Å²) in [5.74, 6) is 0.481. The highest BCUT2D eigenvalue weighted by molar-refractivity contribution is 5.50. The number of hydrogen-bond acceptors (Lipinski definition) is 2. The molecule has 2 rings (SSSR count). The van der Waals surface area contributed by atoms with Gasteiger partial charge < -0.3 is 10.4 Å². The summed E-state index contributed by atoms with van der Waals surface area (Å²) in [5, 5.41) is 13.7. The highest BCUT2D eigenvalue weighted by Gasteiger charge is 2.32. The van der Waals surface area contributed by atoms with Gasteiger partial charge in [0.05, 0.1) is 12.1 Å². The van der Waals surface area contributed by atoms with Gasteiger partial charge in [-0.2, -0.15) is 0 Å². The SMILES string of the molecule is Cc1cccc(NC(CO)(CC(C)C)c2ccccc2)c1. The van der Waals surface area contributed by atoms with Crippen molar-refractivity contribution in [2.24, 2.45) is 5.92 Å². The van der Waals surface area contributed by atoms with E-state index in [-0.39, 0.29) is 6.61 Å². The predicted molar refractivity (Wildman–Crippen MR) is 89.5 cm³/mol. The largest absolute Gasteiger partial charge is 0.394 e. The van der Waals surface area contributed by atoms with Gasteiger partial charge in [0.2, 0.25) is 0 Å². The Hall–Kier alpha value is -1.80. The first-order chi connectivity index (χ1) is 10.1. The van der Waals surface area contributed by atoms with Gasteiger partial charge in [-0.25, -0.2) is 0 Å². The van der Waals surface area contributed by atoms with Crippen LogP contribution >= 0.6 is 0 Å². The van der Waals surface area contributed by atoms with Crippen LogP contribution in [0.1, 0.15) is 31.4 Å². The summed E-state index contributed by atoms with van der Waals surface area (Å²) < 4.78 is 0. The number of aliphatic hydroxyl groups excluding tert-OH is 1. The molecular weight excluding hydrogens is 258 g/mol. The van der Waals surface area contributed by atoms with Gasteiger partial charge in [0.25, 0.3) is 0 Å². The van der Waals surface area contributed by atoms with Crippen LogP contribution in [0.25, 0.3) is 0 Å². The molecule has 0 spiro atoms. The van der Waals surface area contributed by atoms with Crippen molar-refractivity contribution >= 4 is 5.69 Å². The summed E-state index contributed by atoms with van der Waals surface area (Å²) >= 11 is 0. The Balaban J connectivity index is 2.40. The summed E-state index contributed by atoms with van der Waals surface area (Å²) in [4.78, 5) is 0. The molecular formula is C19H25NO. The van der Waals surface area contributed by atoms with Crippen LogP contribution in [0.4, 0.5) is 5.69 Å². The Labute approximate surface area is 127 Å². The molecule has 0 aromatic heterocycles. The van der Waals surface area contributed by atoms with Crippen molar-refractivity contribution in [3.8, 4) is 0 Å². The summed E-state index contributed by atoms with van der Waals surface area (Å²) in [6.07, 6.45) is 0.876. The molecule has 0 saturated carbocycles. The quantitative estimate of drug-likeness (QED) is 0.826. The summed E-state index contributed by atoms with van der Waals surface area (Å²) in [6.45, 7) is 6.52. The number of benzene rings is 2. The maximum Gasteiger partial charge on any atom is 0.0859 e. The van der Waals surface area contributed by atoms with E-state index < -0.39 is 5.54 Å². The van der Waals surface area contributed by atoms with Gasteiger partial charge in [-0.1, -0.05) is 56.3 Å². The van der Waals surface area contributed by atoms with E-state index in [0.29, 0.717) is 5.92 Å². The third kappa shape index (κ3) is 3.85. The fourth-order valence-electron chi connectivity index (χ4n) is 2.89. The van der Waals surface area contributed by atoms with E-state index >= 15 is 0 Å². The highest BCUT2D eigenvalue weighted by Crippen LogP contribution is 2.32. The third-order valence-corrected chi connectivity index (χ3v) is 3.75. The molecule has 0 fully saturated rings. The van der Waals surface area contributed by atoms with E-state index in [1.54, 1.807) is 0 Å². The first kappa shape index (κ1) is 15.6. The van der Waals surface area contributed by atoms with Crippen molar-refractivity contribution in [2.45, 2.75) is 32.7 Å². The van der Waals surface area contributed by atoms with Crippen LogP contribution in [0.3, 0.4) is 0 Å². The van der Waals surface area contributed by atoms with E-state index in [9.17, 15) is 5.11 Å². The first-order valence-corrected chi connectivity index (χ1v) is 7.57. The molecule has 2 aromatic rings. The van der Waals surface area contributed by atoms with Crippen molar-refractivity contribution in [1.82, 2.24) is 0 Å². The van der Waals surface area contributed by atoms with Gasteiger partial charge >= 0.3 is 0 Å². The van der Waals surface area contributed by atoms with Crippen LogP contribution in [0, 0.1) is 12.8 Å². The van der Waals surface area contributed by atoms with E-state index in [1.807, 2.05) is 24.3 Å². The van der Waals surface area contributed by atoms with Crippen LogP contribution in [0.5, 0.6) is 0 Å². The average molecular weight is 283 g/mol.